The van der Waals surface area contributed by atoms with E-state index in [9.17, 15) is 13.2 Å². The topological polar surface area (TPSA) is 66.5 Å². The fourth-order valence-corrected chi connectivity index (χ4v) is 4.87. The van der Waals surface area contributed by atoms with Gasteiger partial charge in [0.25, 0.3) is 5.91 Å². The number of sulfonamides is 1. The molecule has 0 aliphatic carbocycles. The highest BCUT2D eigenvalue weighted by atomic mass is 79.9. The van der Waals surface area contributed by atoms with Crippen molar-refractivity contribution in [3.05, 3.63) is 51.5 Å². The van der Waals surface area contributed by atoms with Crippen LogP contribution in [0.25, 0.3) is 0 Å². The molecule has 0 bridgehead atoms. The molecule has 0 saturated carbocycles. The van der Waals surface area contributed by atoms with E-state index in [2.05, 4.69) is 21.2 Å². The molecule has 0 unspecified atom stereocenters. The Balaban J connectivity index is 2.39. The summed E-state index contributed by atoms with van der Waals surface area (Å²) in [5, 5.41) is 3.32. The van der Waals surface area contributed by atoms with Crippen LogP contribution in [0.3, 0.4) is 0 Å². The number of rotatable bonds is 6. The fraction of sp³-hybridized carbons (Fsp3) is 0.235. The van der Waals surface area contributed by atoms with Crippen molar-refractivity contribution >= 4 is 60.9 Å². The Hall–Kier alpha value is -1.06. The van der Waals surface area contributed by atoms with Crippen molar-refractivity contribution in [1.82, 2.24) is 4.31 Å². The zero-order chi connectivity index (χ0) is 19.5. The second-order valence-electron chi connectivity index (χ2n) is 5.46. The van der Waals surface area contributed by atoms with E-state index in [-0.39, 0.29) is 10.5 Å². The second-order valence-corrected chi connectivity index (χ2v) is 10.2. The minimum absolute atomic E-state index is 0.0319. The van der Waals surface area contributed by atoms with E-state index in [0.717, 1.165) is 15.0 Å². The van der Waals surface area contributed by atoms with Gasteiger partial charge in [-0.25, -0.2) is 12.7 Å². The molecule has 0 saturated heterocycles. The van der Waals surface area contributed by atoms with Gasteiger partial charge in [0, 0.05) is 34.0 Å². The maximum Gasteiger partial charge on any atom is 0.255 e. The van der Waals surface area contributed by atoms with Crippen molar-refractivity contribution in [2.45, 2.75) is 16.7 Å². The lowest BCUT2D eigenvalue weighted by atomic mass is 10.2. The predicted molar refractivity (Wildman–Crippen MR) is 111 cm³/mol. The molecule has 2 aromatic rings. The molecule has 0 aliphatic rings. The first kappa shape index (κ1) is 21.2. The number of benzene rings is 2. The molecular formula is C17H18BrClN2O3S2. The van der Waals surface area contributed by atoms with Gasteiger partial charge in [0.05, 0.1) is 10.6 Å². The smallest absolute Gasteiger partial charge is 0.255 e. The molecular weight excluding hydrogens is 460 g/mol. The molecule has 2 rings (SSSR count). The summed E-state index contributed by atoms with van der Waals surface area (Å²) in [6.07, 6.45) is 0. The molecule has 26 heavy (non-hydrogen) atoms. The number of amides is 1. The number of carbonyl (C=O) groups is 1. The molecule has 9 heteroatoms. The Kier molecular flexibility index (Phi) is 7.15. The van der Waals surface area contributed by atoms with Gasteiger partial charge >= 0.3 is 0 Å². The zero-order valence-corrected chi connectivity index (χ0v) is 18.4. The Morgan fingerprint density at radius 2 is 1.92 bits per heavy atom. The fourth-order valence-electron chi connectivity index (χ4n) is 2.11. The summed E-state index contributed by atoms with van der Waals surface area (Å²) < 4.78 is 26.3. The van der Waals surface area contributed by atoms with E-state index in [0.29, 0.717) is 15.2 Å². The number of nitrogens with one attached hydrogen (secondary N) is 1. The maximum absolute atomic E-state index is 12.7. The van der Waals surface area contributed by atoms with Crippen LogP contribution in [0.5, 0.6) is 0 Å². The molecule has 1 N–H and O–H groups in total. The SMILES string of the molecule is CCSc1ccc(Cl)cc1NC(=O)c1ccc(Br)c(S(=O)(=O)N(C)C)c1. The molecule has 1 amide bonds. The Morgan fingerprint density at radius 3 is 2.54 bits per heavy atom. The number of thioether (sulfide) groups is 1. The van der Waals surface area contributed by atoms with Crippen LogP contribution in [-0.2, 0) is 10.0 Å². The number of nitrogens with zero attached hydrogens (tertiary/aromatic N) is 1. The zero-order valence-electron chi connectivity index (χ0n) is 14.4. The summed E-state index contributed by atoms with van der Waals surface area (Å²) >= 11 is 10.8. The normalized spacial score (nSPS) is 11.6. The van der Waals surface area contributed by atoms with Gasteiger partial charge in [-0.15, -0.1) is 11.8 Å². The first-order valence-electron chi connectivity index (χ1n) is 7.62. The van der Waals surface area contributed by atoms with Crippen molar-refractivity contribution in [2.24, 2.45) is 0 Å². The van der Waals surface area contributed by atoms with Gasteiger partial charge in [0.15, 0.2) is 0 Å². The third-order valence-corrected chi connectivity index (χ3v) is 7.44. The Bertz CT molecular complexity index is 934. The summed E-state index contributed by atoms with van der Waals surface area (Å²) in [7, 11) is -0.800. The van der Waals surface area contributed by atoms with Gasteiger partial charge < -0.3 is 5.32 Å². The van der Waals surface area contributed by atoms with Gasteiger partial charge in [-0.1, -0.05) is 18.5 Å². The van der Waals surface area contributed by atoms with Crippen molar-refractivity contribution in [3.8, 4) is 0 Å². The van der Waals surface area contributed by atoms with Crippen LogP contribution in [0, 0.1) is 0 Å². The lowest BCUT2D eigenvalue weighted by Crippen LogP contribution is -2.23. The Morgan fingerprint density at radius 1 is 1.23 bits per heavy atom. The van der Waals surface area contributed by atoms with Crippen molar-refractivity contribution in [3.63, 3.8) is 0 Å². The van der Waals surface area contributed by atoms with Crippen molar-refractivity contribution < 1.29 is 13.2 Å². The van der Waals surface area contributed by atoms with Crippen molar-refractivity contribution in [1.29, 1.82) is 0 Å². The average Bonchev–Trinajstić information content (AvgIpc) is 2.57. The molecule has 0 aliphatic heterocycles. The number of anilines is 1. The quantitative estimate of drug-likeness (QED) is 0.612. The molecule has 0 fully saturated rings. The summed E-state index contributed by atoms with van der Waals surface area (Å²) in [4.78, 5) is 13.6. The van der Waals surface area contributed by atoms with E-state index < -0.39 is 15.9 Å². The lowest BCUT2D eigenvalue weighted by Gasteiger charge is -2.15. The van der Waals surface area contributed by atoms with E-state index in [1.165, 1.54) is 20.2 Å². The second kappa shape index (κ2) is 8.75. The minimum Gasteiger partial charge on any atom is -0.321 e. The highest BCUT2D eigenvalue weighted by Crippen LogP contribution is 2.31. The van der Waals surface area contributed by atoms with Crippen LogP contribution in [0.4, 0.5) is 5.69 Å². The molecule has 0 radical (unpaired) electrons. The van der Waals surface area contributed by atoms with Crippen LogP contribution >= 0.6 is 39.3 Å². The molecule has 140 valence electrons. The summed E-state index contributed by atoms with van der Waals surface area (Å²) in [5.74, 6) is 0.432. The molecule has 0 spiro atoms. The predicted octanol–water partition coefficient (Wildman–Crippen LogP) is 4.72. The van der Waals surface area contributed by atoms with Gasteiger partial charge in [-0.2, -0.15) is 0 Å². The summed E-state index contributed by atoms with van der Waals surface area (Å²) in [5.41, 5.74) is 0.829. The number of halogens is 2. The molecule has 0 atom stereocenters. The van der Waals surface area contributed by atoms with Gasteiger partial charge in [0.1, 0.15) is 0 Å². The summed E-state index contributed by atoms with van der Waals surface area (Å²) in [6.45, 7) is 2.01. The van der Waals surface area contributed by atoms with Crippen LogP contribution in [-0.4, -0.2) is 38.5 Å². The monoisotopic (exact) mass is 476 g/mol. The first-order chi connectivity index (χ1) is 12.2. The third kappa shape index (κ3) is 4.80. The molecule has 2 aromatic carbocycles. The van der Waals surface area contributed by atoms with Crippen LogP contribution in [0.15, 0.2) is 50.7 Å². The third-order valence-electron chi connectivity index (χ3n) is 3.44. The largest absolute Gasteiger partial charge is 0.321 e. The summed E-state index contributed by atoms with van der Waals surface area (Å²) in [6, 6.07) is 9.74. The number of hydrogen-bond donors (Lipinski definition) is 1. The van der Waals surface area contributed by atoms with Crippen LogP contribution < -0.4 is 5.32 Å². The minimum atomic E-state index is -3.68. The van der Waals surface area contributed by atoms with Crippen molar-refractivity contribution in [2.75, 3.05) is 25.2 Å². The molecule has 0 heterocycles. The van der Waals surface area contributed by atoms with Crippen LogP contribution in [0.1, 0.15) is 17.3 Å². The lowest BCUT2D eigenvalue weighted by molar-refractivity contribution is 0.102. The number of carbonyl (C=O) groups excluding carboxylic acids is 1. The van der Waals surface area contributed by atoms with Gasteiger partial charge in [0.2, 0.25) is 10.0 Å². The first-order valence-corrected chi connectivity index (χ1v) is 11.2. The van der Waals surface area contributed by atoms with E-state index >= 15 is 0 Å². The van der Waals surface area contributed by atoms with Gasteiger partial charge in [-0.05, 0) is 58.1 Å². The standard InChI is InChI=1S/C17H18BrClN2O3S2/c1-4-25-15-8-6-12(19)10-14(15)20-17(22)11-5-7-13(18)16(9-11)26(23,24)21(2)3/h5-10H,4H2,1-3H3,(H,20,22). The maximum atomic E-state index is 12.7. The molecule has 5 nitrogen and oxygen atoms in total. The van der Waals surface area contributed by atoms with E-state index in [4.69, 9.17) is 11.6 Å². The van der Waals surface area contributed by atoms with E-state index in [1.807, 2.05) is 13.0 Å². The van der Waals surface area contributed by atoms with Gasteiger partial charge in [-0.3, -0.25) is 4.79 Å². The van der Waals surface area contributed by atoms with E-state index in [1.54, 1.807) is 36.0 Å². The average molecular weight is 478 g/mol. The molecule has 0 aromatic heterocycles. The highest BCUT2D eigenvalue weighted by Gasteiger charge is 2.22. The Labute approximate surface area is 171 Å². The number of hydrogen-bond acceptors (Lipinski definition) is 4. The highest BCUT2D eigenvalue weighted by molar-refractivity contribution is 9.10. The van der Waals surface area contributed by atoms with Crippen LogP contribution in [0.2, 0.25) is 5.02 Å².